The van der Waals surface area contributed by atoms with Crippen molar-refractivity contribution in [2.75, 3.05) is 5.32 Å². The average molecular weight is 408 g/mol. The number of carbonyl (C=O) groups excluding carboxylic acids is 1. The van der Waals surface area contributed by atoms with Gasteiger partial charge in [-0.25, -0.2) is 13.6 Å². The summed E-state index contributed by atoms with van der Waals surface area (Å²) in [6, 6.07) is 20.2. The number of nitrogens with one attached hydrogen (secondary N) is 2. The molecule has 0 aliphatic carbocycles. The second-order valence-corrected chi connectivity index (χ2v) is 7.99. The molecule has 0 saturated carbocycles. The lowest BCUT2D eigenvalue weighted by Crippen LogP contribution is -2.15. The van der Waals surface area contributed by atoms with Crippen LogP contribution in [0.2, 0.25) is 0 Å². The Morgan fingerprint density at radius 3 is 2.31 bits per heavy atom. The fourth-order valence-electron chi connectivity index (χ4n) is 2.91. The molecule has 7 nitrogen and oxygen atoms in total. The van der Waals surface area contributed by atoms with E-state index in [9.17, 15) is 13.2 Å². The lowest BCUT2D eigenvalue weighted by molar-refractivity contribution is -0.115. The van der Waals surface area contributed by atoms with Crippen molar-refractivity contribution in [1.29, 1.82) is 5.41 Å². The molecule has 0 bridgehead atoms. The minimum atomic E-state index is -3.88. The van der Waals surface area contributed by atoms with E-state index in [1.165, 1.54) is 6.07 Å². The maximum Gasteiger partial charge on any atom is 0.238 e. The van der Waals surface area contributed by atoms with Crippen molar-refractivity contribution in [3.63, 3.8) is 0 Å². The molecule has 0 aliphatic heterocycles. The average Bonchev–Trinajstić information content (AvgIpc) is 2.68. The highest BCUT2D eigenvalue weighted by molar-refractivity contribution is 7.89. The molecule has 0 spiro atoms. The zero-order valence-electron chi connectivity index (χ0n) is 15.4. The first kappa shape index (κ1) is 20.2. The highest BCUT2D eigenvalue weighted by Crippen LogP contribution is 2.28. The second kappa shape index (κ2) is 8.26. The molecule has 3 aromatic carbocycles. The summed E-state index contributed by atoms with van der Waals surface area (Å²) < 4.78 is 23.7. The molecular weight excluding hydrogens is 388 g/mol. The molecule has 0 atom stereocenters. The van der Waals surface area contributed by atoms with Crippen molar-refractivity contribution in [3.8, 4) is 11.1 Å². The van der Waals surface area contributed by atoms with Gasteiger partial charge in [0, 0.05) is 16.8 Å². The van der Waals surface area contributed by atoms with Gasteiger partial charge in [-0.1, -0.05) is 54.6 Å². The van der Waals surface area contributed by atoms with E-state index in [0.717, 1.165) is 5.56 Å². The Hall–Kier alpha value is -3.49. The first-order chi connectivity index (χ1) is 13.7. The molecule has 0 aromatic heterocycles. The number of nitrogens with two attached hydrogens (primary N) is 2. The van der Waals surface area contributed by atoms with Gasteiger partial charge in [0.1, 0.15) is 5.84 Å². The fraction of sp³-hybridized carbons (Fsp3) is 0.0476. The van der Waals surface area contributed by atoms with Gasteiger partial charge >= 0.3 is 0 Å². The first-order valence-electron chi connectivity index (χ1n) is 8.69. The van der Waals surface area contributed by atoms with Crippen LogP contribution >= 0.6 is 0 Å². The quantitative estimate of drug-likeness (QED) is 0.367. The van der Waals surface area contributed by atoms with Crippen molar-refractivity contribution in [3.05, 3.63) is 83.9 Å². The molecule has 6 N–H and O–H groups in total. The van der Waals surface area contributed by atoms with Crippen molar-refractivity contribution >= 4 is 27.5 Å². The van der Waals surface area contributed by atoms with Crippen molar-refractivity contribution in [2.24, 2.45) is 10.9 Å². The number of anilines is 1. The van der Waals surface area contributed by atoms with Crippen LogP contribution in [0, 0.1) is 5.41 Å². The molecule has 148 valence electrons. The number of hydrogen-bond acceptors (Lipinski definition) is 4. The highest BCUT2D eigenvalue weighted by atomic mass is 32.2. The topological polar surface area (TPSA) is 139 Å². The van der Waals surface area contributed by atoms with Gasteiger partial charge in [-0.3, -0.25) is 10.2 Å². The number of amides is 1. The minimum absolute atomic E-state index is 0.0223. The number of amidine groups is 1. The largest absolute Gasteiger partial charge is 0.384 e. The molecule has 0 fully saturated rings. The van der Waals surface area contributed by atoms with Crippen molar-refractivity contribution in [2.45, 2.75) is 11.3 Å². The van der Waals surface area contributed by atoms with Crippen LogP contribution in [0.4, 0.5) is 5.69 Å². The van der Waals surface area contributed by atoms with Gasteiger partial charge in [0.05, 0.1) is 11.3 Å². The summed E-state index contributed by atoms with van der Waals surface area (Å²) >= 11 is 0. The predicted molar refractivity (Wildman–Crippen MR) is 113 cm³/mol. The molecule has 0 radical (unpaired) electrons. The molecule has 3 rings (SSSR count). The fourth-order valence-corrected chi connectivity index (χ4v) is 3.67. The van der Waals surface area contributed by atoms with Crippen LogP contribution in [0.1, 0.15) is 11.1 Å². The molecule has 8 heteroatoms. The Balaban J connectivity index is 1.79. The van der Waals surface area contributed by atoms with E-state index in [1.54, 1.807) is 66.7 Å². The number of hydrogen-bond donors (Lipinski definition) is 4. The van der Waals surface area contributed by atoms with Gasteiger partial charge in [-0.2, -0.15) is 0 Å². The summed E-state index contributed by atoms with van der Waals surface area (Å²) in [5, 5.41) is 15.5. The number of sulfonamides is 1. The van der Waals surface area contributed by atoms with Crippen molar-refractivity contribution < 1.29 is 13.2 Å². The number of primary sulfonamides is 1. The van der Waals surface area contributed by atoms with Gasteiger partial charge in [-0.05, 0) is 29.3 Å². The third-order valence-electron chi connectivity index (χ3n) is 4.28. The molecule has 0 aliphatic rings. The Labute approximate surface area is 168 Å². The summed E-state index contributed by atoms with van der Waals surface area (Å²) in [5.74, 6) is -0.255. The molecule has 0 unspecified atom stereocenters. The van der Waals surface area contributed by atoms with E-state index in [-0.39, 0.29) is 23.1 Å². The summed E-state index contributed by atoms with van der Waals surface area (Å²) in [7, 11) is -3.88. The molecule has 1 amide bonds. The van der Waals surface area contributed by atoms with Gasteiger partial charge in [0.2, 0.25) is 15.9 Å². The monoisotopic (exact) mass is 408 g/mol. The highest BCUT2D eigenvalue weighted by Gasteiger charge is 2.15. The second-order valence-electron chi connectivity index (χ2n) is 6.46. The summed E-state index contributed by atoms with van der Waals surface area (Å²) in [6.07, 6.45) is 0.149. The smallest absolute Gasteiger partial charge is 0.238 e. The maximum atomic E-state index is 12.4. The van der Waals surface area contributed by atoms with Crippen LogP contribution < -0.4 is 16.2 Å². The Morgan fingerprint density at radius 2 is 1.66 bits per heavy atom. The summed E-state index contributed by atoms with van der Waals surface area (Å²) in [4.78, 5) is 12.4. The standard InChI is InChI=1S/C21H20N4O3S/c22-21(23)15-10-8-14(9-11-15)12-20(26)25-17-5-3-4-16(13-17)18-6-1-2-7-19(18)29(24,27)28/h1-11,13H,12H2,(H3,22,23)(H,25,26)(H2,24,27,28). The van der Waals surface area contributed by atoms with Crippen LogP contribution in [0.15, 0.2) is 77.7 Å². The summed E-state index contributed by atoms with van der Waals surface area (Å²) in [5.41, 5.74) is 8.43. The molecular formula is C21H20N4O3S. The number of rotatable bonds is 6. The Morgan fingerprint density at radius 1 is 0.966 bits per heavy atom. The van der Waals surface area contributed by atoms with Crippen LogP contribution in [0.25, 0.3) is 11.1 Å². The van der Waals surface area contributed by atoms with Gasteiger partial charge in [-0.15, -0.1) is 0 Å². The summed E-state index contributed by atoms with van der Waals surface area (Å²) in [6.45, 7) is 0. The number of benzene rings is 3. The van der Waals surface area contributed by atoms with E-state index in [4.69, 9.17) is 16.3 Å². The third-order valence-corrected chi connectivity index (χ3v) is 5.25. The molecule has 29 heavy (non-hydrogen) atoms. The third kappa shape index (κ3) is 5.07. The Kier molecular flexibility index (Phi) is 5.76. The maximum absolute atomic E-state index is 12.4. The minimum Gasteiger partial charge on any atom is -0.384 e. The zero-order valence-corrected chi connectivity index (χ0v) is 16.2. The number of carbonyl (C=O) groups is 1. The van der Waals surface area contributed by atoms with Crippen LogP contribution in [0.3, 0.4) is 0 Å². The molecule has 0 heterocycles. The van der Waals surface area contributed by atoms with E-state index in [2.05, 4.69) is 5.32 Å². The van der Waals surface area contributed by atoms with E-state index in [1.807, 2.05) is 0 Å². The van der Waals surface area contributed by atoms with E-state index < -0.39 is 10.0 Å². The first-order valence-corrected chi connectivity index (χ1v) is 10.2. The van der Waals surface area contributed by atoms with Crippen LogP contribution in [-0.2, 0) is 21.2 Å². The van der Waals surface area contributed by atoms with Crippen LogP contribution in [0.5, 0.6) is 0 Å². The van der Waals surface area contributed by atoms with Gasteiger partial charge in [0.25, 0.3) is 0 Å². The zero-order chi connectivity index (χ0) is 21.0. The molecule has 0 saturated heterocycles. The Bertz CT molecular complexity index is 1170. The molecule has 3 aromatic rings. The number of nitrogen functional groups attached to an aromatic ring is 1. The van der Waals surface area contributed by atoms with Gasteiger partial charge in [0.15, 0.2) is 0 Å². The lowest BCUT2D eigenvalue weighted by atomic mass is 10.0. The van der Waals surface area contributed by atoms with E-state index in [0.29, 0.717) is 22.4 Å². The predicted octanol–water partition coefficient (Wildman–Crippen LogP) is 2.47. The van der Waals surface area contributed by atoms with Gasteiger partial charge < -0.3 is 11.1 Å². The normalized spacial score (nSPS) is 11.1. The SMILES string of the molecule is N=C(N)c1ccc(CC(=O)Nc2cccc(-c3ccccc3S(N)(=O)=O)c2)cc1. The lowest BCUT2D eigenvalue weighted by Gasteiger charge is -2.11. The van der Waals surface area contributed by atoms with Crippen LogP contribution in [-0.4, -0.2) is 20.2 Å². The van der Waals surface area contributed by atoms with Crippen molar-refractivity contribution in [1.82, 2.24) is 0 Å². The van der Waals surface area contributed by atoms with E-state index >= 15 is 0 Å².